The van der Waals surface area contributed by atoms with E-state index in [1.54, 1.807) is 7.05 Å². The quantitative estimate of drug-likeness (QED) is 0.807. The van der Waals surface area contributed by atoms with Gasteiger partial charge in [-0.2, -0.15) is 0 Å². The van der Waals surface area contributed by atoms with Gasteiger partial charge < -0.3 is 10.4 Å². The summed E-state index contributed by atoms with van der Waals surface area (Å²) in [4.78, 5) is 10.4. The first-order valence-corrected chi connectivity index (χ1v) is 5.38. The highest BCUT2D eigenvalue weighted by Crippen LogP contribution is 2.22. The molecule has 1 unspecified atom stereocenters. The highest BCUT2D eigenvalue weighted by molar-refractivity contribution is 5.66. The fourth-order valence-electron chi connectivity index (χ4n) is 1.69. The topological polar surface area (TPSA) is 49.3 Å². The Morgan fingerprint density at radius 1 is 1.47 bits per heavy atom. The Morgan fingerprint density at radius 2 is 2.18 bits per heavy atom. The molecule has 0 amide bonds. The van der Waals surface area contributed by atoms with Crippen LogP contribution in [0.2, 0.25) is 0 Å². The number of carboxylic acids is 1. The lowest BCUT2D eigenvalue weighted by molar-refractivity contribution is -0.137. The zero-order chi connectivity index (χ0) is 12.8. The van der Waals surface area contributed by atoms with E-state index < -0.39 is 17.6 Å². The molecule has 0 spiro atoms. The van der Waals surface area contributed by atoms with Crippen molar-refractivity contribution in [2.75, 3.05) is 7.05 Å². The molecule has 0 aliphatic rings. The molecule has 1 aromatic carbocycles. The molecule has 0 aromatic heterocycles. The Kier molecular flexibility index (Phi) is 5.03. The van der Waals surface area contributed by atoms with Crippen LogP contribution >= 0.6 is 0 Å². The Balaban J connectivity index is 2.72. The predicted octanol–water partition coefficient (Wildman–Crippen LogP) is 2.48. The molecule has 2 N–H and O–H groups in total. The molecular formula is C12H15F2NO2. The molecule has 0 saturated carbocycles. The zero-order valence-electron chi connectivity index (χ0n) is 9.54. The van der Waals surface area contributed by atoms with E-state index in [4.69, 9.17) is 5.11 Å². The molecule has 0 fully saturated rings. The van der Waals surface area contributed by atoms with E-state index >= 15 is 0 Å². The molecule has 1 atom stereocenters. The van der Waals surface area contributed by atoms with Gasteiger partial charge in [0.05, 0.1) is 0 Å². The van der Waals surface area contributed by atoms with Crippen molar-refractivity contribution in [2.24, 2.45) is 0 Å². The van der Waals surface area contributed by atoms with E-state index in [0.29, 0.717) is 12.8 Å². The average molecular weight is 243 g/mol. The minimum atomic E-state index is -0.889. The minimum absolute atomic E-state index is 0.0229. The summed E-state index contributed by atoms with van der Waals surface area (Å²) in [6, 6.07) is 2.90. The van der Waals surface area contributed by atoms with Gasteiger partial charge in [-0.05, 0) is 38.1 Å². The average Bonchev–Trinajstić information content (AvgIpc) is 2.28. The second-order valence-electron chi connectivity index (χ2n) is 3.79. The maximum Gasteiger partial charge on any atom is 0.303 e. The van der Waals surface area contributed by atoms with Crippen LogP contribution in [0.3, 0.4) is 0 Å². The van der Waals surface area contributed by atoms with Crippen molar-refractivity contribution < 1.29 is 18.7 Å². The molecule has 0 radical (unpaired) electrons. The molecule has 5 heteroatoms. The SMILES string of the molecule is CNC(CCCC(=O)O)c1cc(F)ccc1F. The van der Waals surface area contributed by atoms with Crippen molar-refractivity contribution in [3.63, 3.8) is 0 Å². The molecule has 0 aliphatic heterocycles. The van der Waals surface area contributed by atoms with Gasteiger partial charge in [-0.3, -0.25) is 4.79 Å². The Labute approximate surface area is 98.5 Å². The molecule has 17 heavy (non-hydrogen) atoms. The van der Waals surface area contributed by atoms with Crippen LogP contribution in [0.15, 0.2) is 18.2 Å². The van der Waals surface area contributed by atoms with E-state index in [1.807, 2.05) is 0 Å². The Morgan fingerprint density at radius 3 is 2.76 bits per heavy atom. The van der Waals surface area contributed by atoms with Gasteiger partial charge in [0.2, 0.25) is 0 Å². The van der Waals surface area contributed by atoms with Gasteiger partial charge in [-0.1, -0.05) is 0 Å². The van der Waals surface area contributed by atoms with Crippen LogP contribution in [0.4, 0.5) is 8.78 Å². The lowest BCUT2D eigenvalue weighted by atomic mass is 10.0. The Hall–Kier alpha value is -1.49. The minimum Gasteiger partial charge on any atom is -0.481 e. The monoisotopic (exact) mass is 243 g/mol. The van der Waals surface area contributed by atoms with Crippen LogP contribution in [0, 0.1) is 11.6 Å². The smallest absolute Gasteiger partial charge is 0.303 e. The first kappa shape index (κ1) is 13.6. The van der Waals surface area contributed by atoms with E-state index in [9.17, 15) is 13.6 Å². The number of aliphatic carboxylic acids is 1. The maximum absolute atomic E-state index is 13.5. The van der Waals surface area contributed by atoms with E-state index in [0.717, 1.165) is 18.2 Å². The van der Waals surface area contributed by atoms with Crippen LogP contribution in [0.5, 0.6) is 0 Å². The summed E-state index contributed by atoms with van der Waals surface area (Å²) in [5.41, 5.74) is 0.234. The third-order valence-corrected chi connectivity index (χ3v) is 2.57. The molecule has 0 heterocycles. The van der Waals surface area contributed by atoms with Gasteiger partial charge >= 0.3 is 5.97 Å². The number of carboxylic acid groups (broad SMARTS) is 1. The second kappa shape index (κ2) is 6.30. The summed E-state index contributed by atoms with van der Waals surface area (Å²) in [5, 5.41) is 11.4. The molecule has 0 saturated heterocycles. The van der Waals surface area contributed by atoms with Gasteiger partial charge in [0.1, 0.15) is 11.6 Å². The summed E-state index contributed by atoms with van der Waals surface area (Å²) >= 11 is 0. The summed E-state index contributed by atoms with van der Waals surface area (Å²) < 4.78 is 26.5. The van der Waals surface area contributed by atoms with Crippen LogP contribution < -0.4 is 5.32 Å². The lowest BCUT2D eigenvalue weighted by Gasteiger charge is -2.16. The first-order chi connectivity index (χ1) is 8.04. The van der Waals surface area contributed by atoms with Crippen molar-refractivity contribution in [2.45, 2.75) is 25.3 Å². The summed E-state index contributed by atoms with van der Waals surface area (Å²) in [6.45, 7) is 0. The van der Waals surface area contributed by atoms with Crippen LogP contribution in [-0.4, -0.2) is 18.1 Å². The third kappa shape index (κ3) is 4.11. The largest absolute Gasteiger partial charge is 0.481 e. The first-order valence-electron chi connectivity index (χ1n) is 5.38. The fraction of sp³-hybridized carbons (Fsp3) is 0.417. The van der Waals surface area contributed by atoms with Gasteiger partial charge in [0.25, 0.3) is 0 Å². The molecule has 3 nitrogen and oxygen atoms in total. The molecule has 0 aliphatic carbocycles. The van der Waals surface area contributed by atoms with Gasteiger partial charge in [-0.15, -0.1) is 0 Å². The van der Waals surface area contributed by atoms with Gasteiger partial charge in [0.15, 0.2) is 0 Å². The molecule has 1 aromatic rings. The normalized spacial score (nSPS) is 12.4. The lowest BCUT2D eigenvalue weighted by Crippen LogP contribution is -2.18. The number of carbonyl (C=O) groups is 1. The number of hydrogen-bond acceptors (Lipinski definition) is 2. The Bertz CT molecular complexity index is 396. The fourth-order valence-corrected chi connectivity index (χ4v) is 1.69. The maximum atomic E-state index is 13.5. The van der Waals surface area contributed by atoms with Crippen molar-refractivity contribution in [3.8, 4) is 0 Å². The van der Waals surface area contributed by atoms with Gasteiger partial charge in [-0.25, -0.2) is 8.78 Å². The number of rotatable bonds is 6. The van der Waals surface area contributed by atoms with Crippen molar-refractivity contribution in [1.82, 2.24) is 5.32 Å². The molecule has 1 rings (SSSR count). The highest BCUT2D eigenvalue weighted by Gasteiger charge is 2.15. The standard InChI is InChI=1S/C12H15F2NO2/c1-15-11(3-2-4-12(16)17)9-7-8(13)5-6-10(9)14/h5-7,11,15H,2-4H2,1H3,(H,16,17). The van der Waals surface area contributed by atoms with E-state index in [1.165, 1.54) is 0 Å². The zero-order valence-corrected chi connectivity index (χ0v) is 9.54. The summed E-state index contributed by atoms with van der Waals surface area (Å²) in [5.74, 6) is -1.87. The van der Waals surface area contributed by atoms with Gasteiger partial charge in [0, 0.05) is 18.0 Å². The highest BCUT2D eigenvalue weighted by atomic mass is 19.1. The summed E-state index contributed by atoms with van der Waals surface area (Å²) in [7, 11) is 1.63. The van der Waals surface area contributed by atoms with Crippen LogP contribution in [0.1, 0.15) is 30.9 Å². The molecular weight excluding hydrogens is 228 g/mol. The predicted molar refractivity (Wildman–Crippen MR) is 59.6 cm³/mol. The van der Waals surface area contributed by atoms with Crippen molar-refractivity contribution >= 4 is 5.97 Å². The van der Waals surface area contributed by atoms with Crippen LogP contribution in [-0.2, 0) is 4.79 Å². The number of nitrogens with one attached hydrogen (secondary N) is 1. The van der Waals surface area contributed by atoms with Crippen LogP contribution in [0.25, 0.3) is 0 Å². The van der Waals surface area contributed by atoms with Crippen molar-refractivity contribution in [3.05, 3.63) is 35.4 Å². The van der Waals surface area contributed by atoms with E-state index in [-0.39, 0.29) is 18.0 Å². The number of halogens is 2. The van der Waals surface area contributed by atoms with Crippen molar-refractivity contribution in [1.29, 1.82) is 0 Å². The second-order valence-corrected chi connectivity index (χ2v) is 3.79. The third-order valence-electron chi connectivity index (χ3n) is 2.57. The van der Waals surface area contributed by atoms with E-state index in [2.05, 4.69) is 5.32 Å². The summed E-state index contributed by atoms with van der Waals surface area (Å²) in [6.07, 6.45) is 0.884. The number of benzene rings is 1. The molecule has 94 valence electrons. The molecule has 0 bridgehead atoms. The number of hydrogen-bond donors (Lipinski definition) is 2.